The fourth-order valence-electron chi connectivity index (χ4n) is 1.63. The Hall–Kier alpha value is -2.21. The molecule has 0 aliphatic rings. The van der Waals surface area contributed by atoms with Gasteiger partial charge in [-0.1, -0.05) is 6.07 Å². The van der Waals surface area contributed by atoms with E-state index >= 15 is 0 Å². The van der Waals surface area contributed by atoms with Gasteiger partial charge in [0, 0.05) is 18.0 Å². The predicted octanol–water partition coefficient (Wildman–Crippen LogP) is 1.42. The van der Waals surface area contributed by atoms with E-state index in [1.165, 1.54) is 24.3 Å². The molecular weight excluding hydrogens is 276 g/mol. The highest BCUT2D eigenvalue weighted by Crippen LogP contribution is 2.10. The van der Waals surface area contributed by atoms with Gasteiger partial charge in [0.25, 0.3) is 5.91 Å². The first-order valence-electron chi connectivity index (χ1n) is 5.95. The van der Waals surface area contributed by atoms with E-state index in [1.807, 2.05) is 12.1 Å². The minimum atomic E-state index is -3.24. The molecule has 1 N–H and O–H groups in total. The average Bonchev–Trinajstić information content (AvgIpc) is 2.45. The first kappa shape index (κ1) is 14.2. The summed E-state index contributed by atoms with van der Waals surface area (Å²) in [5, 5.41) is 2.72. The maximum absolute atomic E-state index is 11.9. The highest BCUT2D eigenvalue weighted by Gasteiger charge is 2.09. The van der Waals surface area contributed by atoms with Crippen LogP contribution in [0.15, 0.2) is 53.6 Å². The molecule has 20 heavy (non-hydrogen) atoms. The van der Waals surface area contributed by atoms with Crippen LogP contribution in [0.4, 0.5) is 0 Å². The SMILES string of the molecule is CS(=O)(=O)c1ccc(C(=O)NCc2ccccn2)cc1. The van der Waals surface area contributed by atoms with E-state index < -0.39 is 9.84 Å². The third kappa shape index (κ3) is 3.64. The second-order valence-corrected chi connectivity index (χ2v) is 6.32. The second kappa shape index (κ2) is 5.83. The average molecular weight is 290 g/mol. The first-order valence-corrected chi connectivity index (χ1v) is 7.84. The number of sulfone groups is 1. The first-order chi connectivity index (χ1) is 9.47. The lowest BCUT2D eigenvalue weighted by Gasteiger charge is -2.05. The summed E-state index contributed by atoms with van der Waals surface area (Å²) in [4.78, 5) is 16.2. The number of nitrogens with one attached hydrogen (secondary N) is 1. The molecule has 0 radical (unpaired) electrons. The van der Waals surface area contributed by atoms with Crippen molar-refractivity contribution in [1.29, 1.82) is 0 Å². The number of hydrogen-bond donors (Lipinski definition) is 1. The largest absolute Gasteiger partial charge is 0.346 e. The molecule has 0 spiro atoms. The molecule has 6 heteroatoms. The van der Waals surface area contributed by atoms with Gasteiger partial charge in [-0.3, -0.25) is 9.78 Å². The van der Waals surface area contributed by atoms with E-state index in [1.54, 1.807) is 12.3 Å². The normalized spacial score (nSPS) is 11.1. The summed E-state index contributed by atoms with van der Waals surface area (Å²) >= 11 is 0. The number of rotatable bonds is 4. The Morgan fingerprint density at radius 3 is 2.40 bits per heavy atom. The molecular formula is C14H14N2O3S. The van der Waals surface area contributed by atoms with Gasteiger partial charge in [0.05, 0.1) is 17.1 Å². The van der Waals surface area contributed by atoms with Crippen LogP contribution in [0.2, 0.25) is 0 Å². The third-order valence-corrected chi connectivity index (χ3v) is 3.83. The molecule has 0 saturated carbocycles. The van der Waals surface area contributed by atoms with Crippen molar-refractivity contribution in [2.24, 2.45) is 0 Å². The molecule has 1 aromatic carbocycles. The molecule has 1 amide bonds. The van der Waals surface area contributed by atoms with Crippen LogP contribution in [0.25, 0.3) is 0 Å². The number of carbonyl (C=O) groups excluding carboxylic acids is 1. The molecule has 0 atom stereocenters. The van der Waals surface area contributed by atoms with Gasteiger partial charge in [0.15, 0.2) is 9.84 Å². The topological polar surface area (TPSA) is 76.1 Å². The van der Waals surface area contributed by atoms with Crippen molar-refractivity contribution in [3.05, 3.63) is 59.9 Å². The lowest BCUT2D eigenvalue weighted by Crippen LogP contribution is -2.23. The van der Waals surface area contributed by atoms with Gasteiger partial charge in [-0.15, -0.1) is 0 Å². The van der Waals surface area contributed by atoms with Crippen LogP contribution in [0.5, 0.6) is 0 Å². The molecule has 0 unspecified atom stereocenters. The summed E-state index contributed by atoms with van der Waals surface area (Å²) in [7, 11) is -3.24. The van der Waals surface area contributed by atoms with Crippen LogP contribution in [-0.2, 0) is 16.4 Å². The van der Waals surface area contributed by atoms with Crippen molar-refractivity contribution >= 4 is 15.7 Å². The number of aromatic nitrogens is 1. The van der Waals surface area contributed by atoms with Gasteiger partial charge >= 0.3 is 0 Å². The number of nitrogens with zero attached hydrogens (tertiary/aromatic N) is 1. The number of pyridine rings is 1. The lowest BCUT2D eigenvalue weighted by molar-refractivity contribution is 0.0950. The van der Waals surface area contributed by atoms with Crippen LogP contribution < -0.4 is 5.32 Å². The Bertz CT molecular complexity index is 695. The number of carbonyl (C=O) groups is 1. The molecule has 0 aliphatic heterocycles. The number of hydrogen-bond acceptors (Lipinski definition) is 4. The Morgan fingerprint density at radius 2 is 1.85 bits per heavy atom. The van der Waals surface area contributed by atoms with E-state index in [0.29, 0.717) is 12.1 Å². The monoisotopic (exact) mass is 290 g/mol. The summed E-state index contributed by atoms with van der Waals surface area (Å²) in [5.41, 5.74) is 1.17. The van der Waals surface area contributed by atoms with Gasteiger partial charge in [-0.05, 0) is 36.4 Å². The highest BCUT2D eigenvalue weighted by atomic mass is 32.2. The van der Waals surface area contributed by atoms with Crippen LogP contribution in [0, 0.1) is 0 Å². The Morgan fingerprint density at radius 1 is 1.15 bits per heavy atom. The van der Waals surface area contributed by atoms with Crippen molar-refractivity contribution in [3.8, 4) is 0 Å². The molecule has 2 rings (SSSR count). The van der Waals surface area contributed by atoms with E-state index in [0.717, 1.165) is 11.9 Å². The zero-order valence-electron chi connectivity index (χ0n) is 10.9. The summed E-state index contributed by atoms with van der Waals surface area (Å²) in [6.45, 7) is 0.327. The molecule has 0 aliphatic carbocycles. The minimum absolute atomic E-state index is 0.193. The smallest absolute Gasteiger partial charge is 0.251 e. The zero-order chi connectivity index (χ0) is 14.6. The molecule has 0 saturated heterocycles. The molecule has 0 fully saturated rings. The van der Waals surface area contributed by atoms with E-state index in [-0.39, 0.29) is 10.8 Å². The van der Waals surface area contributed by atoms with Gasteiger partial charge in [0.2, 0.25) is 0 Å². The molecule has 1 heterocycles. The van der Waals surface area contributed by atoms with Gasteiger partial charge in [-0.25, -0.2) is 8.42 Å². The molecule has 1 aromatic heterocycles. The van der Waals surface area contributed by atoms with Gasteiger partial charge in [0.1, 0.15) is 0 Å². The Balaban J connectivity index is 2.03. The van der Waals surface area contributed by atoms with Crippen LogP contribution in [0.1, 0.15) is 16.1 Å². The van der Waals surface area contributed by atoms with Gasteiger partial charge < -0.3 is 5.32 Å². The van der Waals surface area contributed by atoms with E-state index in [2.05, 4.69) is 10.3 Å². The van der Waals surface area contributed by atoms with E-state index in [9.17, 15) is 13.2 Å². The number of benzene rings is 1. The maximum Gasteiger partial charge on any atom is 0.251 e. The molecule has 104 valence electrons. The van der Waals surface area contributed by atoms with Crippen molar-refractivity contribution in [3.63, 3.8) is 0 Å². The quantitative estimate of drug-likeness (QED) is 0.924. The van der Waals surface area contributed by atoms with Crippen LogP contribution in [-0.4, -0.2) is 25.6 Å². The fraction of sp³-hybridized carbons (Fsp3) is 0.143. The molecule has 2 aromatic rings. The summed E-state index contributed by atoms with van der Waals surface area (Å²) in [6.07, 6.45) is 2.78. The molecule has 5 nitrogen and oxygen atoms in total. The van der Waals surface area contributed by atoms with Crippen LogP contribution >= 0.6 is 0 Å². The fourth-order valence-corrected chi connectivity index (χ4v) is 2.26. The second-order valence-electron chi connectivity index (χ2n) is 4.30. The van der Waals surface area contributed by atoms with Crippen molar-refractivity contribution < 1.29 is 13.2 Å². The van der Waals surface area contributed by atoms with Gasteiger partial charge in [-0.2, -0.15) is 0 Å². The predicted molar refractivity (Wildman–Crippen MR) is 75.0 cm³/mol. The highest BCUT2D eigenvalue weighted by molar-refractivity contribution is 7.90. The van der Waals surface area contributed by atoms with Crippen molar-refractivity contribution in [2.75, 3.05) is 6.26 Å². The Labute approximate surface area is 117 Å². The lowest BCUT2D eigenvalue weighted by atomic mass is 10.2. The summed E-state index contributed by atoms with van der Waals surface area (Å²) < 4.78 is 22.6. The zero-order valence-corrected chi connectivity index (χ0v) is 11.7. The summed E-state index contributed by atoms with van der Waals surface area (Å²) in [6, 6.07) is 11.3. The number of amides is 1. The van der Waals surface area contributed by atoms with Crippen LogP contribution in [0.3, 0.4) is 0 Å². The third-order valence-electron chi connectivity index (χ3n) is 2.70. The molecule has 0 bridgehead atoms. The van der Waals surface area contributed by atoms with Crippen molar-refractivity contribution in [2.45, 2.75) is 11.4 Å². The summed E-state index contributed by atoms with van der Waals surface area (Å²) in [5.74, 6) is -0.268. The Kier molecular flexibility index (Phi) is 4.14. The maximum atomic E-state index is 11.9. The van der Waals surface area contributed by atoms with E-state index in [4.69, 9.17) is 0 Å². The van der Waals surface area contributed by atoms with Crippen molar-refractivity contribution in [1.82, 2.24) is 10.3 Å². The minimum Gasteiger partial charge on any atom is -0.346 e. The standard InChI is InChI=1S/C14H14N2O3S/c1-20(18,19)13-7-5-11(6-8-13)14(17)16-10-12-4-2-3-9-15-12/h2-9H,10H2,1H3,(H,16,17).